The molecule has 2 aromatic rings. The summed E-state index contributed by atoms with van der Waals surface area (Å²) in [5, 5.41) is 12.4. The van der Waals surface area contributed by atoms with E-state index in [0.29, 0.717) is 6.54 Å². The molecule has 23 heavy (non-hydrogen) atoms. The Hall–Kier alpha value is -2.13. The molecule has 0 aliphatic heterocycles. The summed E-state index contributed by atoms with van der Waals surface area (Å²) in [4.78, 5) is 12.6. The van der Waals surface area contributed by atoms with Crippen molar-refractivity contribution in [2.24, 2.45) is 11.8 Å². The number of carbonyl (C=O) groups excluding carboxylic acids is 1. The van der Waals surface area contributed by atoms with Crippen LogP contribution in [-0.4, -0.2) is 11.0 Å². The van der Waals surface area contributed by atoms with Crippen LogP contribution < -0.4 is 5.32 Å². The van der Waals surface area contributed by atoms with Crippen LogP contribution in [0.1, 0.15) is 30.5 Å². The van der Waals surface area contributed by atoms with E-state index >= 15 is 0 Å². The highest BCUT2D eigenvalue weighted by atomic mass is 16.3. The number of nitrogens with one attached hydrogen (secondary N) is 1. The first-order chi connectivity index (χ1) is 11.1. The van der Waals surface area contributed by atoms with Crippen molar-refractivity contribution < 1.29 is 9.90 Å². The van der Waals surface area contributed by atoms with Gasteiger partial charge in [0.05, 0.1) is 6.61 Å². The van der Waals surface area contributed by atoms with Crippen molar-refractivity contribution >= 4 is 5.91 Å². The summed E-state index contributed by atoms with van der Waals surface area (Å²) < 4.78 is 0. The maximum atomic E-state index is 12.6. The first-order valence-corrected chi connectivity index (χ1v) is 8.11. The van der Waals surface area contributed by atoms with E-state index in [9.17, 15) is 9.90 Å². The fourth-order valence-electron chi connectivity index (χ4n) is 2.70. The molecule has 0 bridgehead atoms. The molecule has 3 nitrogen and oxygen atoms in total. The SMILES string of the molecule is CC(C)C(Cc1ccccc1)C(=O)NCc1ccccc1CO. The summed E-state index contributed by atoms with van der Waals surface area (Å²) in [6.45, 7) is 4.60. The number of amides is 1. The predicted molar refractivity (Wildman–Crippen MR) is 92.7 cm³/mol. The molecule has 0 aliphatic carbocycles. The Morgan fingerprint density at radius 3 is 2.22 bits per heavy atom. The van der Waals surface area contributed by atoms with Crippen LogP contribution >= 0.6 is 0 Å². The molecule has 3 heteroatoms. The fourth-order valence-corrected chi connectivity index (χ4v) is 2.70. The van der Waals surface area contributed by atoms with Crippen LogP contribution in [0.5, 0.6) is 0 Å². The van der Waals surface area contributed by atoms with Gasteiger partial charge in [0, 0.05) is 12.5 Å². The van der Waals surface area contributed by atoms with Crippen LogP contribution in [0.3, 0.4) is 0 Å². The zero-order chi connectivity index (χ0) is 16.7. The molecular weight excluding hydrogens is 286 g/mol. The second-order valence-electron chi connectivity index (χ2n) is 6.18. The van der Waals surface area contributed by atoms with Gasteiger partial charge in [-0.2, -0.15) is 0 Å². The summed E-state index contributed by atoms with van der Waals surface area (Å²) in [5.74, 6) is 0.276. The van der Waals surface area contributed by atoms with Crippen molar-refractivity contribution in [3.63, 3.8) is 0 Å². The second kappa shape index (κ2) is 8.49. The molecule has 1 unspecified atom stereocenters. The van der Waals surface area contributed by atoms with Crippen LogP contribution in [0.25, 0.3) is 0 Å². The Morgan fingerprint density at radius 2 is 1.61 bits per heavy atom. The third-order valence-corrected chi connectivity index (χ3v) is 4.18. The largest absolute Gasteiger partial charge is 0.392 e. The average molecular weight is 311 g/mol. The van der Waals surface area contributed by atoms with Crippen LogP contribution in [-0.2, 0) is 24.4 Å². The summed E-state index contributed by atoms with van der Waals surface area (Å²) in [7, 11) is 0. The fraction of sp³-hybridized carbons (Fsp3) is 0.350. The highest BCUT2D eigenvalue weighted by Crippen LogP contribution is 2.18. The Kier molecular flexibility index (Phi) is 6.36. The van der Waals surface area contributed by atoms with Gasteiger partial charge in [0.25, 0.3) is 0 Å². The van der Waals surface area contributed by atoms with E-state index in [0.717, 1.165) is 17.5 Å². The van der Waals surface area contributed by atoms with E-state index in [4.69, 9.17) is 0 Å². The molecule has 1 atom stereocenters. The van der Waals surface area contributed by atoms with Gasteiger partial charge in [-0.15, -0.1) is 0 Å². The molecule has 0 aromatic heterocycles. The molecule has 0 spiro atoms. The van der Waals surface area contributed by atoms with Crippen molar-refractivity contribution in [2.45, 2.75) is 33.4 Å². The monoisotopic (exact) mass is 311 g/mol. The lowest BCUT2D eigenvalue weighted by atomic mass is 9.88. The van der Waals surface area contributed by atoms with Gasteiger partial charge in [-0.1, -0.05) is 68.4 Å². The topological polar surface area (TPSA) is 49.3 Å². The van der Waals surface area contributed by atoms with Gasteiger partial charge in [0.15, 0.2) is 0 Å². The minimum absolute atomic E-state index is 0.0102. The highest BCUT2D eigenvalue weighted by Gasteiger charge is 2.22. The average Bonchev–Trinajstić information content (AvgIpc) is 2.58. The van der Waals surface area contributed by atoms with Gasteiger partial charge in [0.2, 0.25) is 5.91 Å². The molecule has 0 aliphatic rings. The zero-order valence-corrected chi connectivity index (χ0v) is 13.8. The van der Waals surface area contributed by atoms with E-state index in [1.54, 1.807) is 0 Å². The Labute approximate surface area is 138 Å². The Balaban J connectivity index is 2.01. The molecule has 1 amide bonds. The molecule has 2 aromatic carbocycles. The molecular formula is C20H25NO2. The van der Waals surface area contributed by atoms with E-state index in [2.05, 4.69) is 31.3 Å². The minimum Gasteiger partial charge on any atom is -0.392 e. The number of rotatable bonds is 7. The maximum absolute atomic E-state index is 12.6. The summed E-state index contributed by atoms with van der Waals surface area (Å²) in [6, 6.07) is 17.7. The molecule has 122 valence electrons. The van der Waals surface area contributed by atoms with Crippen LogP contribution in [0.15, 0.2) is 54.6 Å². The number of aliphatic hydroxyl groups excluding tert-OH is 1. The maximum Gasteiger partial charge on any atom is 0.223 e. The van der Waals surface area contributed by atoms with E-state index in [1.165, 1.54) is 5.56 Å². The number of benzene rings is 2. The van der Waals surface area contributed by atoms with Gasteiger partial charge in [0.1, 0.15) is 0 Å². The third-order valence-electron chi connectivity index (χ3n) is 4.18. The summed E-state index contributed by atoms with van der Waals surface area (Å²) in [5.41, 5.74) is 3.00. The van der Waals surface area contributed by atoms with E-state index < -0.39 is 0 Å². The minimum atomic E-state index is -0.0568. The van der Waals surface area contributed by atoms with Crippen molar-refractivity contribution in [3.8, 4) is 0 Å². The number of hydrogen-bond acceptors (Lipinski definition) is 2. The van der Waals surface area contributed by atoms with Crippen LogP contribution in [0.4, 0.5) is 0 Å². The van der Waals surface area contributed by atoms with E-state index in [1.807, 2.05) is 42.5 Å². The molecule has 0 fully saturated rings. The molecule has 0 saturated heterocycles. The number of aliphatic hydroxyl groups is 1. The summed E-state index contributed by atoms with van der Waals surface area (Å²) >= 11 is 0. The first kappa shape index (κ1) is 17.2. The van der Waals surface area contributed by atoms with Crippen molar-refractivity contribution in [2.75, 3.05) is 0 Å². The third kappa shape index (κ3) is 4.93. The Bertz CT molecular complexity index is 623. The molecule has 2 rings (SSSR count). The van der Waals surface area contributed by atoms with Crippen molar-refractivity contribution in [1.82, 2.24) is 5.32 Å². The zero-order valence-electron chi connectivity index (χ0n) is 13.8. The van der Waals surface area contributed by atoms with Crippen molar-refractivity contribution in [3.05, 3.63) is 71.3 Å². The summed E-state index contributed by atoms with van der Waals surface area (Å²) in [6.07, 6.45) is 0.742. The van der Waals surface area contributed by atoms with Gasteiger partial charge in [-0.05, 0) is 29.0 Å². The predicted octanol–water partition coefficient (Wildman–Crippen LogP) is 3.31. The first-order valence-electron chi connectivity index (χ1n) is 8.11. The lowest BCUT2D eigenvalue weighted by molar-refractivity contribution is -0.126. The van der Waals surface area contributed by atoms with E-state index in [-0.39, 0.29) is 24.3 Å². The molecule has 0 radical (unpaired) electrons. The Morgan fingerprint density at radius 1 is 1.00 bits per heavy atom. The molecule has 2 N–H and O–H groups in total. The van der Waals surface area contributed by atoms with Gasteiger partial charge in [-0.25, -0.2) is 0 Å². The van der Waals surface area contributed by atoms with Crippen molar-refractivity contribution in [1.29, 1.82) is 0 Å². The standard InChI is InChI=1S/C20H25NO2/c1-15(2)19(12-16-8-4-3-5-9-16)20(23)21-13-17-10-6-7-11-18(17)14-22/h3-11,15,19,22H,12-14H2,1-2H3,(H,21,23). The smallest absolute Gasteiger partial charge is 0.223 e. The lowest BCUT2D eigenvalue weighted by Gasteiger charge is -2.21. The van der Waals surface area contributed by atoms with Gasteiger partial charge >= 0.3 is 0 Å². The number of hydrogen-bond donors (Lipinski definition) is 2. The van der Waals surface area contributed by atoms with Gasteiger partial charge in [-0.3, -0.25) is 4.79 Å². The number of carbonyl (C=O) groups is 1. The second-order valence-corrected chi connectivity index (χ2v) is 6.18. The normalized spacial score (nSPS) is 12.2. The van der Waals surface area contributed by atoms with Crippen LogP contribution in [0.2, 0.25) is 0 Å². The molecule has 0 heterocycles. The quantitative estimate of drug-likeness (QED) is 0.824. The molecule has 0 saturated carbocycles. The van der Waals surface area contributed by atoms with Gasteiger partial charge < -0.3 is 10.4 Å². The van der Waals surface area contributed by atoms with Crippen LogP contribution in [0, 0.1) is 11.8 Å². The lowest BCUT2D eigenvalue weighted by Crippen LogP contribution is -2.34. The highest BCUT2D eigenvalue weighted by molar-refractivity contribution is 5.79.